The summed E-state index contributed by atoms with van der Waals surface area (Å²) in [5.74, 6) is -0.385. The fraction of sp³-hybridized carbons (Fsp3) is 0.273. The Balaban J connectivity index is 2.25. The Morgan fingerprint density at radius 1 is 1.61 bits per heavy atom. The number of carbonyl (C=O) groups is 1. The third-order valence-electron chi connectivity index (χ3n) is 2.60. The van der Waals surface area contributed by atoms with E-state index in [1.165, 1.54) is 31.2 Å². The Bertz CT molecular complexity index is 490. The summed E-state index contributed by atoms with van der Waals surface area (Å²) in [7, 11) is 0. The van der Waals surface area contributed by atoms with E-state index in [0.29, 0.717) is 5.57 Å². The lowest BCUT2D eigenvalue weighted by molar-refractivity contribution is -1.06. The van der Waals surface area contributed by atoms with Gasteiger partial charge in [0.1, 0.15) is 6.10 Å². The van der Waals surface area contributed by atoms with Crippen LogP contribution in [0.25, 0.3) is 0 Å². The van der Waals surface area contributed by atoms with Crippen molar-refractivity contribution in [3.8, 4) is 0 Å². The molecule has 0 aromatic rings. The van der Waals surface area contributed by atoms with Gasteiger partial charge in [-0.15, -0.1) is 0 Å². The van der Waals surface area contributed by atoms with Gasteiger partial charge in [0, 0.05) is 6.92 Å². The van der Waals surface area contributed by atoms with E-state index in [2.05, 4.69) is 4.99 Å². The molecule has 0 amide bonds. The lowest BCUT2D eigenvalue weighted by Gasteiger charge is -2.28. The molecule has 7 heteroatoms. The standard InChI is InChI=1S/C11H12N2O5/c1-6-12-8(11(15)18-6)5-7-3-2-4-9(10(7)14)13(16)17/h2-5,9-10,13-14,16H,1H3/b8-5+/t9-,10-/m1/s1. The number of quaternary nitrogens is 1. The van der Waals surface area contributed by atoms with Crippen molar-refractivity contribution in [1.82, 2.24) is 0 Å². The summed E-state index contributed by atoms with van der Waals surface area (Å²) in [6, 6.07) is -1.02. The third-order valence-corrected chi connectivity index (χ3v) is 2.60. The summed E-state index contributed by atoms with van der Waals surface area (Å²) < 4.78 is 4.72. The highest BCUT2D eigenvalue weighted by Gasteiger charge is 2.29. The summed E-state index contributed by atoms with van der Waals surface area (Å²) in [4.78, 5) is 15.2. The Labute approximate surface area is 103 Å². The van der Waals surface area contributed by atoms with E-state index in [1.807, 2.05) is 0 Å². The van der Waals surface area contributed by atoms with Crippen LogP contribution in [-0.2, 0) is 9.53 Å². The first kappa shape index (κ1) is 12.7. The smallest absolute Gasteiger partial charge is 0.363 e. The maximum absolute atomic E-state index is 11.3. The van der Waals surface area contributed by atoms with Gasteiger partial charge in [0.25, 0.3) is 0 Å². The van der Waals surface area contributed by atoms with E-state index in [1.54, 1.807) is 0 Å². The minimum absolute atomic E-state index is 0.0530. The summed E-state index contributed by atoms with van der Waals surface area (Å²) in [6.45, 7) is 1.53. The molecule has 0 aromatic carbocycles. The summed E-state index contributed by atoms with van der Waals surface area (Å²) in [6.07, 6.45) is 4.57. The van der Waals surface area contributed by atoms with E-state index >= 15 is 0 Å². The van der Waals surface area contributed by atoms with Gasteiger partial charge in [-0.3, -0.25) is 0 Å². The molecule has 0 bridgehead atoms. The van der Waals surface area contributed by atoms with Crippen molar-refractivity contribution in [2.45, 2.75) is 19.1 Å². The normalized spacial score (nSPS) is 31.1. The second-order valence-corrected chi connectivity index (χ2v) is 3.91. The van der Waals surface area contributed by atoms with Crippen molar-refractivity contribution in [3.63, 3.8) is 0 Å². The van der Waals surface area contributed by atoms with Crippen LogP contribution in [0.3, 0.4) is 0 Å². The van der Waals surface area contributed by atoms with Gasteiger partial charge in [0.05, 0.1) is 0 Å². The second-order valence-electron chi connectivity index (χ2n) is 3.91. The predicted octanol–water partition coefficient (Wildman–Crippen LogP) is -1.16. The molecule has 0 fully saturated rings. The van der Waals surface area contributed by atoms with Gasteiger partial charge >= 0.3 is 5.97 Å². The lowest BCUT2D eigenvalue weighted by atomic mass is 9.96. The quantitative estimate of drug-likeness (QED) is 0.326. The van der Waals surface area contributed by atoms with Crippen molar-refractivity contribution >= 4 is 11.9 Å². The van der Waals surface area contributed by atoms with Crippen molar-refractivity contribution in [1.29, 1.82) is 0 Å². The maximum Gasteiger partial charge on any atom is 0.363 e. The van der Waals surface area contributed by atoms with Gasteiger partial charge in [-0.2, -0.15) is 0 Å². The molecule has 0 spiro atoms. The molecule has 0 aromatic heterocycles. The zero-order valence-corrected chi connectivity index (χ0v) is 9.53. The van der Waals surface area contributed by atoms with Crippen LogP contribution in [0.5, 0.6) is 0 Å². The average Bonchev–Trinajstić information content (AvgIpc) is 2.60. The van der Waals surface area contributed by atoms with E-state index in [-0.39, 0.29) is 11.6 Å². The van der Waals surface area contributed by atoms with Gasteiger partial charge in [0.15, 0.2) is 17.6 Å². The molecule has 2 aliphatic rings. The van der Waals surface area contributed by atoms with E-state index < -0.39 is 23.3 Å². The van der Waals surface area contributed by atoms with Crippen LogP contribution in [0.15, 0.2) is 40.6 Å². The van der Waals surface area contributed by atoms with Crippen LogP contribution in [0.4, 0.5) is 0 Å². The number of hydroxylamine groups is 2. The maximum atomic E-state index is 11.3. The molecular weight excluding hydrogens is 240 g/mol. The highest BCUT2D eigenvalue weighted by atomic mass is 16.8. The number of rotatable bonds is 2. The predicted molar refractivity (Wildman–Crippen MR) is 60.4 cm³/mol. The van der Waals surface area contributed by atoms with Crippen LogP contribution in [0.2, 0.25) is 0 Å². The first-order chi connectivity index (χ1) is 8.49. The fourth-order valence-electron chi connectivity index (χ4n) is 1.72. The first-order valence-corrected chi connectivity index (χ1v) is 5.27. The molecule has 3 N–H and O–H groups in total. The van der Waals surface area contributed by atoms with Crippen molar-refractivity contribution in [2.24, 2.45) is 4.99 Å². The molecule has 2 rings (SSSR count). The van der Waals surface area contributed by atoms with Gasteiger partial charge in [-0.25, -0.2) is 20.2 Å². The number of ether oxygens (including phenoxy) is 1. The first-order valence-electron chi connectivity index (χ1n) is 5.27. The topological polar surface area (TPSA) is 107 Å². The Hall–Kier alpha value is -1.80. The number of cyclic esters (lactones) is 1. The number of aliphatic hydroxyl groups excluding tert-OH is 1. The van der Waals surface area contributed by atoms with E-state index in [9.17, 15) is 15.1 Å². The molecule has 0 saturated carbocycles. The third kappa shape index (κ3) is 2.39. The molecule has 1 unspecified atom stereocenters. The number of aliphatic imine (C=N–C) groups is 1. The van der Waals surface area contributed by atoms with Crippen molar-refractivity contribution < 1.29 is 25.1 Å². The van der Waals surface area contributed by atoms with Gasteiger partial charge in [-0.1, -0.05) is 12.2 Å². The minimum Gasteiger partial charge on any atom is -0.600 e. The van der Waals surface area contributed by atoms with Crippen LogP contribution in [0, 0.1) is 5.21 Å². The van der Waals surface area contributed by atoms with Crippen molar-refractivity contribution in [3.05, 3.63) is 40.8 Å². The lowest BCUT2D eigenvalue weighted by Crippen LogP contribution is -3.10. The van der Waals surface area contributed by atoms with Crippen LogP contribution >= 0.6 is 0 Å². The van der Waals surface area contributed by atoms with Gasteiger partial charge in [0.2, 0.25) is 0 Å². The van der Waals surface area contributed by atoms with Crippen LogP contribution < -0.4 is 5.23 Å². The average molecular weight is 252 g/mol. The number of carbonyl (C=O) groups excluding carboxylic acids is 1. The molecule has 1 aliphatic carbocycles. The van der Waals surface area contributed by atoms with E-state index in [4.69, 9.17) is 9.94 Å². The molecule has 0 saturated heterocycles. The zero-order valence-electron chi connectivity index (χ0n) is 9.53. The number of aliphatic hydroxyl groups is 1. The Kier molecular flexibility index (Phi) is 3.39. The monoisotopic (exact) mass is 252 g/mol. The largest absolute Gasteiger partial charge is 0.600 e. The number of nitrogens with zero attached hydrogens (tertiary/aromatic N) is 1. The summed E-state index contributed by atoms with van der Waals surface area (Å²) >= 11 is 0. The number of esters is 1. The summed E-state index contributed by atoms with van der Waals surface area (Å²) in [5.41, 5.74) is 0.368. The molecular formula is C11H12N2O5. The number of allylic oxidation sites excluding steroid dienone is 2. The number of nitrogens with one attached hydrogen (secondary N) is 1. The molecule has 0 radical (unpaired) electrons. The second kappa shape index (κ2) is 4.83. The number of hydrogen-bond donors (Lipinski definition) is 3. The molecule has 3 atom stereocenters. The Morgan fingerprint density at radius 2 is 2.33 bits per heavy atom. The fourth-order valence-corrected chi connectivity index (χ4v) is 1.72. The van der Waals surface area contributed by atoms with Crippen LogP contribution in [-0.4, -0.2) is 34.3 Å². The van der Waals surface area contributed by atoms with Gasteiger partial charge in [-0.05, 0) is 17.7 Å². The minimum atomic E-state index is -1.20. The highest BCUT2D eigenvalue weighted by molar-refractivity contribution is 6.04. The van der Waals surface area contributed by atoms with E-state index in [0.717, 1.165) is 0 Å². The summed E-state index contributed by atoms with van der Waals surface area (Å²) in [5, 5.41) is 28.5. The molecule has 18 heavy (non-hydrogen) atoms. The molecule has 1 heterocycles. The number of hydrogen-bond acceptors (Lipinski definition) is 6. The van der Waals surface area contributed by atoms with Crippen molar-refractivity contribution in [2.75, 3.05) is 0 Å². The zero-order chi connectivity index (χ0) is 13.3. The molecule has 96 valence electrons. The van der Waals surface area contributed by atoms with Gasteiger partial charge < -0.3 is 15.1 Å². The molecule has 7 nitrogen and oxygen atoms in total. The molecule has 1 aliphatic heterocycles. The van der Waals surface area contributed by atoms with Crippen LogP contribution in [0.1, 0.15) is 6.92 Å². The SMILES string of the molecule is CC1=N/C(=C/C2=CC=C[C@@H]([NH+]([O-])O)[C@@H]2O)C(=O)O1. The Morgan fingerprint density at radius 3 is 2.89 bits per heavy atom. The highest BCUT2D eigenvalue weighted by Crippen LogP contribution is 2.19.